The molecule has 0 radical (unpaired) electrons. The van der Waals surface area contributed by atoms with Crippen LogP contribution in [0.4, 0.5) is 5.69 Å². The first-order chi connectivity index (χ1) is 12.2. The van der Waals surface area contributed by atoms with E-state index in [9.17, 15) is 0 Å². The third-order valence-corrected chi connectivity index (χ3v) is 5.28. The molecular weight excluding hydrogens is 304 g/mol. The van der Waals surface area contributed by atoms with Crippen LogP contribution in [0.1, 0.15) is 85.0 Å². The van der Waals surface area contributed by atoms with Crippen molar-refractivity contribution in [3.8, 4) is 0 Å². The standard InChI is InChI=1S/C23H38N2/c1-4-5-6-7-8-9-10-11-15-18-23-24(21(2)3)19-20-25(23)22-16-13-12-14-17-22/h12-14,16-17,19-21,23H,4-11,15,18H2,1-3H3. The number of para-hydroxylation sites is 1. The third-order valence-electron chi connectivity index (χ3n) is 5.28. The molecule has 2 rings (SSSR count). The minimum atomic E-state index is 0.479. The van der Waals surface area contributed by atoms with Crippen LogP contribution >= 0.6 is 0 Å². The molecule has 1 aliphatic rings. The molecule has 1 aromatic carbocycles. The van der Waals surface area contributed by atoms with Gasteiger partial charge >= 0.3 is 0 Å². The fraction of sp³-hybridized carbons (Fsp3) is 0.652. The van der Waals surface area contributed by atoms with E-state index in [0.717, 1.165) is 0 Å². The summed E-state index contributed by atoms with van der Waals surface area (Å²) in [5, 5.41) is 0. The molecule has 0 saturated heterocycles. The van der Waals surface area contributed by atoms with Gasteiger partial charge in [-0.25, -0.2) is 0 Å². The molecule has 0 saturated carbocycles. The Labute approximate surface area is 155 Å². The van der Waals surface area contributed by atoms with Crippen molar-refractivity contribution in [2.75, 3.05) is 4.90 Å². The Bertz CT molecular complexity index is 480. The summed E-state index contributed by atoms with van der Waals surface area (Å²) in [6, 6.07) is 11.4. The number of hydrogen-bond donors (Lipinski definition) is 0. The molecule has 0 bridgehead atoms. The Morgan fingerprint density at radius 3 is 2.00 bits per heavy atom. The van der Waals surface area contributed by atoms with Gasteiger partial charge in [-0.2, -0.15) is 0 Å². The number of unbranched alkanes of at least 4 members (excludes halogenated alkanes) is 8. The highest BCUT2D eigenvalue weighted by Crippen LogP contribution is 2.29. The number of anilines is 1. The monoisotopic (exact) mass is 342 g/mol. The molecule has 25 heavy (non-hydrogen) atoms. The second-order valence-electron chi connectivity index (χ2n) is 7.68. The molecular formula is C23H38N2. The SMILES string of the molecule is CCCCCCCCCCCC1N(c2ccccc2)C=CN1C(C)C. The quantitative estimate of drug-likeness (QED) is 0.380. The third kappa shape index (κ3) is 6.41. The van der Waals surface area contributed by atoms with Crippen molar-refractivity contribution >= 4 is 5.69 Å². The molecule has 1 aromatic rings. The summed E-state index contributed by atoms with van der Waals surface area (Å²) in [4.78, 5) is 4.96. The molecule has 1 aliphatic heterocycles. The normalized spacial score (nSPS) is 17.0. The van der Waals surface area contributed by atoms with Crippen LogP contribution in [0, 0.1) is 0 Å². The van der Waals surface area contributed by atoms with E-state index in [0.29, 0.717) is 12.2 Å². The van der Waals surface area contributed by atoms with E-state index >= 15 is 0 Å². The minimum absolute atomic E-state index is 0.479. The number of nitrogens with zero attached hydrogens (tertiary/aromatic N) is 2. The van der Waals surface area contributed by atoms with Gasteiger partial charge in [-0.1, -0.05) is 76.5 Å². The Balaban J connectivity index is 1.73. The molecule has 1 heterocycles. The van der Waals surface area contributed by atoms with Crippen molar-refractivity contribution in [1.29, 1.82) is 0 Å². The smallest absolute Gasteiger partial charge is 0.106 e. The van der Waals surface area contributed by atoms with Crippen LogP contribution in [0.5, 0.6) is 0 Å². The van der Waals surface area contributed by atoms with Gasteiger partial charge in [0.05, 0.1) is 0 Å². The first-order valence-corrected chi connectivity index (χ1v) is 10.5. The van der Waals surface area contributed by atoms with Crippen molar-refractivity contribution in [3.63, 3.8) is 0 Å². The lowest BCUT2D eigenvalue weighted by atomic mass is 10.1. The van der Waals surface area contributed by atoms with Crippen molar-refractivity contribution < 1.29 is 0 Å². The average molecular weight is 343 g/mol. The van der Waals surface area contributed by atoms with E-state index in [1.165, 1.54) is 69.9 Å². The van der Waals surface area contributed by atoms with Gasteiger partial charge in [0.25, 0.3) is 0 Å². The van der Waals surface area contributed by atoms with Crippen LogP contribution < -0.4 is 4.90 Å². The second kappa shape index (κ2) is 11.2. The summed E-state index contributed by atoms with van der Waals surface area (Å²) in [5.41, 5.74) is 1.31. The zero-order valence-corrected chi connectivity index (χ0v) is 16.7. The molecule has 0 aliphatic carbocycles. The molecule has 0 N–H and O–H groups in total. The maximum atomic E-state index is 2.51. The van der Waals surface area contributed by atoms with Crippen LogP contribution in [0.15, 0.2) is 42.7 Å². The van der Waals surface area contributed by atoms with Crippen molar-refractivity contribution in [2.45, 2.75) is 97.2 Å². The highest BCUT2D eigenvalue weighted by Gasteiger charge is 2.28. The predicted octanol–water partition coefficient (Wildman–Crippen LogP) is 6.94. The highest BCUT2D eigenvalue weighted by molar-refractivity contribution is 5.51. The van der Waals surface area contributed by atoms with Crippen LogP contribution in [-0.4, -0.2) is 17.1 Å². The second-order valence-corrected chi connectivity index (χ2v) is 7.68. The van der Waals surface area contributed by atoms with Gasteiger partial charge in [-0.3, -0.25) is 0 Å². The Morgan fingerprint density at radius 2 is 1.40 bits per heavy atom. The van der Waals surface area contributed by atoms with E-state index in [-0.39, 0.29) is 0 Å². The van der Waals surface area contributed by atoms with E-state index in [4.69, 9.17) is 0 Å². The number of hydrogen-bond acceptors (Lipinski definition) is 2. The van der Waals surface area contributed by atoms with E-state index in [2.05, 4.69) is 73.3 Å². The largest absolute Gasteiger partial charge is 0.353 e. The first kappa shape index (κ1) is 19.9. The van der Waals surface area contributed by atoms with Gasteiger partial charge in [-0.15, -0.1) is 0 Å². The Morgan fingerprint density at radius 1 is 0.800 bits per heavy atom. The fourth-order valence-corrected chi connectivity index (χ4v) is 3.79. The molecule has 0 aromatic heterocycles. The average Bonchev–Trinajstić information content (AvgIpc) is 3.05. The van der Waals surface area contributed by atoms with Crippen LogP contribution in [0.25, 0.3) is 0 Å². The van der Waals surface area contributed by atoms with Gasteiger partial charge in [-0.05, 0) is 38.8 Å². The van der Waals surface area contributed by atoms with Gasteiger partial charge in [0.1, 0.15) is 6.17 Å². The van der Waals surface area contributed by atoms with E-state index in [1.807, 2.05) is 0 Å². The Hall–Kier alpha value is -1.44. The maximum absolute atomic E-state index is 2.51. The summed E-state index contributed by atoms with van der Waals surface area (Å²) >= 11 is 0. The van der Waals surface area contributed by atoms with Crippen LogP contribution in [-0.2, 0) is 0 Å². The lowest BCUT2D eigenvalue weighted by Gasteiger charge is -2.35. The summed E-state index contributed by atoms with van der Waals surface area (Å²) in [6.07, 6.45) is 18.8. The molecule has 0 fully saturated rings. The molecule has 0 spiro atoms. The van der Waals surface area contributed by atoms with Crippen molar-refractivity contribution in [2.24, 2.45) is 0 Å². The maximum Gasteiger partial charge on any atom is 0.106 e. The van der Waals surface area contributed by atoms with Crippen LogP contribution in [0.2, 0.25) is 0 Å². The fourth-order valence-electron chi connectivity index (χ4n) is 3.79. The Kier molecular flexibility index (Phi) is 8.93. The molecule has 1 atom stereocenters. The van der Waals surface area contributed by atoms with E-state index < -0.39 is 0 Å². The summed E-state index contributed by atoms with van der Waals surface area (Å²) < 4.78 is 0. The van der Waals surface area contributed by atoms with Gasteiger partial charge in [0, 0.05) is 24.1 Å². The molecule has 2 nitrogen and oxygen atoms in total. The molecule has 2 heteroatoms. The lowest BCUT2D eigenvalue weighted by Crippen LogP contribution is -2.42. The lowest BCUT2D eigenvalue weighted by molar-refractivity contribution is 0.233. The summed E-state index contributed by atoms with van der Waals surface area (Å²) in [7, 11) is 0. The van der Waals surface area contributed by atoms with Gasteiger partial charge in [0.2, 0.25) is 0 Å². The first-order valence-electron chi connectivity index (χ1n) is 10.5. The topological polar surface area (TPSA) is 6.48 Å². The van der Waals surface area contributed by atoms with Crippen molar-refractivity contribution in [3.05, 3.63) is 42.7 Å². The summed E-state index contributed by atoms with van der Waals surface area (Å²) in [6.45, 7) is 6.88. The van der Waals surface area contributed by atoms with Crippen LogP contribution in [0.3, 0.4) is 0 Å². The van der Waals surface area contributed by atoms with Gasteiger partial charge in [0.15, 0.2) is 0 Å². The minimum Gasteiger partial charge on any atom is -0.353 e. The van der Waals surface area contributed by atoms with Gasteiger partial charge < -0.3 is 9.80 Å². The number of benzene rings is 1. The summed E-state index contributed by atoms with van der Waals surface area (Å²) in [5.74, 6) is 0. The number of rotatable bonds is 12. The molecule has 140 valence electrons. The molecule has 1 unspecified atom stereocenters. The highest BCUT2D eigenvalue weighted by atomic mass is 15.4. The zero-order chi connectivity index (χ0) is 17.9. The molecule has 0 amide bonds. The predicted molar refractivity (Wildman–Crippen MR) is 111 cm³/mol. The zero-order valence-electron chi connectivity index (χ0n) is 16.7. The van der Waals surface area contributed by atoms with Crippen molar-refractivity contribution in [1.82, 2.24) is 4.90 Å². The van der Waals surface area contributed by atoms with E-state index in [1.54, 1.807) is 0 Å².